The molecule has 1 spiro atoms. The third-order valence-corrected chi connectivity index (χ3v) is 8.02. The van der Waals surface area contributed by atoms with Crippen LogP contribution >= 0.6 is 0 Å². The second-order valence-corrected chi connectivity index (χ2v) is 10.7. The van der Waals surface area contributed by atoms with Crippen molar-refractivity contribution in [2.75, 3.05) is 18.4 Å². The van der Waals surface area contributed by atoms with E-state index in [1.54, 1.807) is 23.5 Å². The molecule has 4 heterocycles. The number of carbonyl (C=O) groups is 3. The van der Waals surface area contributed by atoms with Gasteiger partial charge in [0.15, 0.2) is 0 Å². The summed E-state index contributed by atoms with van der Waals surface area (Å²) >= 11 is 0. The first-order chi connectivity index (χ1) is 19.9. The molecule has 41 heavy (non-hydrogen) atoms. The van der Waals surface area contributed by atoms with Crippen molar-refractivity contribution < 1.29 is 14.4 Å². The first kappa shape index (κ1) is 26.3. The summed E-state index contributed by atoms with van der Waals surface area (Å²) in [5, 5.41) is 20.0. The summed E-state index contributed by atoms with van der Waals surface area (Å²) in [7, 11) is 0. The van der Waals surface area contributed by atoms with Gasteiger partial charge in [-0.25, -0.2) is 9.59 Å². The van der Waals surface area contributed by atoms with Gasteiger partial charge in [0.2, 0.25) is 5.91 Å². The van der Waals surface area contributed by atoms with E-state index in [0.29, 0.717) is 38.9 Å². The monoisotopic (exact) mass is 552 g/mol. The molecule has 11 nitrogen and oxygen atoms in total. The van der Waals surface area contributed by atoms with Crippen molar-refractivity contribution in [3.05, 3.63) is 89.4 Å². The molecule has 0 saturated carbocycles. The summed E-state index contributed by atoms with van der Waals surface area (Å²) < 4.78 is 0. The summed E-state index contributed by atoms with van der Waals surface area (Å²) in [5.74, 6) is -0.270. The molecule has 0 bridgehead atoms. The number of hydrogen-bond acceptors (Lipinski definition) is 5. The van der Waals surface area contributed by atoms with Gasteiger partial charge < -0.3 is 26.2 Å². The van der Waals surface area contributed by atoms with E-state index in [-0.39, 0.29) is 18.0 Å². The number of anilines is 1. The van der Waals surface area contributed by atoms with Gasteiger partial charge in [-0.2, -0.15) is 5.10 Å². The van der Waals surface area contributed by atoms with E-state index < -0.39 is 11.6 Å². The van der Waals surface area contributed by atoms with Crippen molar-refractivity contribution in [1.82, 2.24) is 36.0 Å². The molecule has 2 aliphatic rings. The quantitative estimate of drug-likeness (QED) is 0.249. The molecular formula is C30H32N8O3. The number of H-pyrrole nitrogens is 1. The molecule has 1 fully saturated rings. The number of fused-ring (bicyclic) bond motifs is 3. The van der Waals surface area contributed by atoms with Gasteiger partial charge in [-0.1, -0.05) is 24.3 Å². The Morgan fingerprint density at radius 1 is 1.07 bits per heavy atom. The zero-order valence-corrected chi connectivity index (χ0v) is 22.7. The summed E-state index contributed by atoms with van der Waals surface area (Å²) in [6.07, 6.45) is 6.57. The van der Waals surface area contributed by atoms with E-state index in [2.05, 4.69) is 36.4 Å². The van der Waals surface area contributed by atoms with Gasteiger partial charge in [-0.3, -0.25) is 14.9 Å². The minimum Gasteiger partial charge on any atom is -0.350 e. The molecule has 1 atom stereocenters. The molecule has 1 saturated heterocycles. The largest absolute Gasteiger partial charge is 0.350 e. The number of likely N-dealkylation sites (tertiary alicyclic amines) is 1. The van der Waals surface area contributed by atoms with Crippen LogP contribution in [0.15, 0.2) is 67.1 Å². The number of carbonyl (C=O) groups excluding carboxylic acids is 3. The Morgan fingerprint density at radius 2 is 1.85 bits per heavy atom. The average Bonchev–Trinajstić information content (AvgIpc) is 3.46. The fourth-order valence-electron chi connectivity index (χ4n) is 5.86. The molecule has 0 radical (unpaired) electrons. The maximum atomic E-state index is 13.5. The van der Waals surface area contributed by atoms with Crippen LogP contribution in [0.5, 0.6) is 0 Å². The number of aromatic amines is 1. The van der Waals surface area contributed by atoms with E-state index in [0.717, 1.165) is 38.8 Å². The highest BCUT2D eigenvalue weighted by molar-refractivity contribution is 5.94. The predicted molar refractivity (Wildman–Crippen MR) is 154 cm³/mol. The van der Waals surface area contributed by atoms with Gasteiger partial charge in [0.05, 0.1) is 17.3 Å². The van der Waals surface area contributed by atoms with Gasteiger partial charge in [-0.15, -0.1) is 0 Å². The zero-order chi connectivity index (χ0) is 28.4. The number of piperidine rings is 1. The number of aromatic nitrogens is 3. The number of hydrogen-bond donors (Lipinski definition) is 5. The molecule has 0 aliphatic carbocycles. The molecule has 0 unspecified atom stereocenters. The van der Waals surface area contributed by atoms with E-state index in [4.69, 9.17) is 0 Å². The van der Waals surface area contributed by atoms with E-state index >= 15 is 0 Å². The number of nitrogens with one attached hydrogen (secondary N) is 5. The summed E-state index contributed by atoms with van der Waals surface area (Å²) in [4.78, 5) is 45.1. The SMILES string of the molecule is Cc1cc(C[C@H](NC(=O)N2CCC3(CC2)NC(=O)Nc2ccccc23)C(=O)NCc2ccncc2)cc2cn[nH]c12. The van der Waals surface area contributed by atoms with Crippen LogP contribution in [0.1, 0.15) is 35.1 Å². The zero-order valence-electron chi connectivity index (χ0n) is 22.7. The van der Waals surface area contributed by atoms with Crippen molar-refractivity contribution in [1.29, 1.82) is 0 Å². The van der Waals surface area contributed by atoms with Gasteiger partial charge in [-0.05, 0) is 60.7 Å². The van der Waals surface area contributed by atoms with Crippen LogP contribution in [-0.4, -0.2) is 57.2 Å². The van der Waals surface area contributed by atoms with Crippen LogP contribution in [0, 0.1) is 6.92 Å². The van der Waals surface area contributed by atoms with Crippen LogP contribution in [0.4, 0.5) is 15.3 Å². The third kappa shape index (κ3) is 5.43. The first-order valence-corrected chi connectivity index (χ1v) is 13.7. The van der Waals surface area contributed by atoms with Crippen LogP contribution in [0.25, 0.3) is 10.9 Å². The Bertz CT molecular complexity index is 1590. The molecule has 2 aliphatic heterocycles. The second-order valence-electron chi connectivity index (χ2n) is 10.7. The van der Waals surface area contributed by atoms with Gasteiger partial charge in [0.25, 0.3) is 0 Å². The molecule has 6 rings (SSSR count). The van der Waals surface area contributed by atoms with Crippen molar-refractivity contribution in [3.63, 3.8) is 0 Å². The Balaban J connectivity index is 1.17. The van der Waals surface area contributed by atoms with Gasteiger partial charge in [0, 0.05) is 55.1 Å². The topological polar surface area (TPSA) is 144 Å². The number of benzene rings is 2. The molecule has 4 aromatic rings. The molecule has 2 aromatic heterocycles. The lowest BCUT2D eigenvalue weighted by molar-refractivity contribution is -0.123. The summed E-state index contributed by atoms with van der Waals surface area (Å²) in [6, 6.07) is 14.1. The molecule has 210 valence electrons. The van der Waals surface area contributed by atoms with Crippen molar-refractivity contribution >= 4 is 34.6 Å². The molecule has 2 aromatic carbocycles. The normalized spacial score (nSPS) is 16.4. The van der Waals surface area contributed by atoms with Crippen LogP contribution < -0.4 is 21.3 Å². The third-order valence-electron chi connectivity index (χ3n) is 8.02. The maximum absolute atomic E-state index is 13.5. The van der Waals surface area contributed by atoms with Gasteiger partial charge >= 0.3 is 12.1 Å². The van der Waals surface area contributed by atoms with Crippen molar-refractivity contribution in [2.24, 2.45) is 0 Å². The fourth-order valence-corrected chi connectivity index (χ4v) is 5.86. The van der Waals surface area contributed by atoms with E-state index in [1.165, 1.54) is 0 Å². The lowest BCUT2D eigenvalue weighted by Crippen LogP contribution is -2.59. The highest BCUT2D eigenvalue weighted by Crippen LogP contribution is 2.39. The number of rotatable bonds is 6. The Morgan fingerprint density at radius 3 is 2.66 bits per heavy atom. The van der Waals surface area contributed by atoms with Gasteiger partial charge in [0.1, 0.15) is 6.04 Å². The van der Waals surface area contributed by atoms with Crippen molar-refractivity contribution in [2.45, 2.75) is 44.3 Å². The van der Waals surface area contributed by atoms with Crippen LogP contribution in [0.2, 0.25) is 0 Å². The molecule has 11 heteroatoms. The number of para-hydroxylation sites is 1. The second kappa shape index (κ2) is 10.9. The highest BCUT2D eigenvalue weighted by atomic mass is 16.2. The smallest absolute Gasteiger partial charge is 0.319 e. The first-order valence-electron chi connectivity index (χ1n) is 13.7. The maximum Gasteiger partial charge on any atom is 0.319 e. The fraction of sp³-hybridized carbons (Fsp3) is 0.300. The summed E-state index contributed by atoms with van der Waals surface area (Å²) in [5.41, 5.74) is 5.09. The van der Waals surface area contributed by atoms with Crippen LogP contribution in [0.3, 0.4) is 0 Å². The predicted octanol–water partition coefficient (Wildman–Crippen LogP) is 3.33. The highest BCUT2D eigenvalue weighted by Gasteiger charge is 2.43. The minimum absolute atomic E-state index is 0.239. The van der Waals surface area contributed by atoms with E-state index in [9.17, 15) is 14.4 Å². The number of pyridine rings is 1. The Kier molecular flexibility index (Phi) is 7.00. The number of amides is 5. The standard InChI is InChI=1S/C30H32N8O3/c1-19-14-21(15-22-18-33-37-26(19)22)16-25(27(39)32-17-20-6-10-31-11-7-20)35-29(41)38-12-8-30(9-13-38)23-4-2-3-5-24(23)34-28(40)36-30/h2-7,10-11,14-15,18,25H,8-9,12-13,16-17H2,1H3,(H,32,39)(H,33,37)(H,35,41)(H2,34,36,40)/t25-/m0/s1. The Labute approximate surface area is 237 Å². The van der Waals surface area contributed by atoms with Crippen LogP contribution in [-0.2, 0) is 23.3 Å². The lowest BCUT2D eigenvalue weighted by Gasteiger charge is -2.45. The molecular weight excluding hydrogens is 520 g/mol. The molecule has 5 N–H and O–H groups in total. The number of nitrogens with zero attached hydrogens (tertiary/aromatic N) is 3. The van der Waals surface area contributed by atoms with Crippen molar-refractivity contribution in [3.8, 4) is 0 Å². The lowest BCUT2D eigenvalue weighted by atomic mass is 9.79. The van der Waals surface area contributed by atoms with E-state index in [1.807, 2.05) is 55.5 Å². The number of urea groups is 2. The summed E-state index contributed by atoms with van der Waals surface area (Å²) in [6.45, 7) is 3.19. The minimum atomic E-state index is -0.789. The Hall–Kier alpha value is -4.93. The average molecular weight is 553 g/mol. The number of aryl methyl sites for hydroxylation is 1. The molecule has 5 amide bonds.